The number of phenols is 1. The van der Waals surface area contributed by atoms with Gasteiger partial charge in [0, 0.05) is 18.0 Å². The number of carbonyl (C=O) groups is 3. The van der Waals surface area contributed by atoms with Crippen LogP contribution >= 0.6 is 0 Å². The van der Waals surface area contributed by atoms with Gasteiger partial charge in [-0.05, 0) is 68.3 Å². The molecule has 0 bridgehead atoms. The number of benzene rings is 2. The molecule has 0 spiro atoms. The Balaban J connectivity index is 1.78. The molecule has 0 saturated carbocycles. The number of aromatic nitrogens is 1. The van der Waals surface area contributed by atoms with E-state index < -0.39 is 17.8 Å². The Labute approximate surface area is 190 Å². The molecule has 1 heterocycles. The first-order valence-electron chi connectivity index (χ1n) is 10.1. The summed E-state index contributed by atoms with van der Waals surface area (Å²) >= 11 is 0. The van der Waals surface area contributed by atoms with Crippen molar-refractivity contribution >= 4 is 29.2 Å². The largest absolute Gasteiger partial charge is 0.506 e. The first-order valence-corrected chi connectivity index (χ1v) is 10.1. The number of esters is 1. The molecule has 3 N–H and O–H groups in total. The number of phenolic OH excluding ortho intramolecular Hbond substituents is 1. The third-order valence-electron chi connectivity index (χ3n) is 4.51. The normalized spacial score (nSPS) is 10.3. The first-order chi connectivity index (χ1) is 15.8. The highest BCUT2D eigenvalue weighted by Gasteiger charge is 2.17. The van der Waals surface area contributed by atoms with Gasteiger partial charge in [0.25, 0.3) is 5.91 Å². The third-order valence-corrected chi connectivity index (χ3v) is 4.51. The number of hydrogen-bond donors (Lipinski definition) is 3. The molecule has 0 radical (unpaired) electrons. The van der Waals surface area contributed by atoms with Crippen molar-refractivity contribution in [3.63, 3.8) is 0 Å². The van der Waals surface area contributed by atoms with Crippen LogP contribution in [0.3, 0.4) is 0 Å². The lowest BCUT2D eigenvalue weighted by atomic mass is 10.1. The molecule has 0 fully saturated rings. The van der Waals surface area contributed by atoms with E-state index in [0.717, 1.165) is 0 Å². The summed E-state index contributed by atoms with van der Waals surface area (Å²) in [5.74, 6) is -1.53. The van der Waals surface area contributed by atoms with Crippen LogP contribution < -0.4 is 15.4 Å². The van der Waals surface area contributed by atoms with Crippen molar-refractivity contribution < 1.29 is 29.0 Å². The molecular weight excluding hydrogens is 426 g/mol. The molecule has 0 atom stereocenters. The second-order valence-corrected chi connectivity index (χ2v) is 7.06. The highest BCUT2D eigenvalue weighted by molar-refractivity contribution is 6.37. The number of amides is 2. The van der Waals surface area contributed by atoms with Crippen molar-refractivity contribution in [2.75, 3.05) is 17.2 Å². The Morgan fingerprint density at radius 2 is 1.73 bits per heavy atom. The van der Waals surface area contributed by atoms with Gasteiger partial charge in [0.15, 0.2) is 0 Å². The fraction of sp³-hybridized carbons (Fsp3) is 0.167. The Hall–Kier alpha value is -4.40. The number of nitrogens with zero attached hydrogens (tertiary/aromatic N) is 1. The van der Waals surface area contributed by atoms with E-state index in [9.17, 15) is 19.5 Å². The number of aromatic hydroxyl groups is 1. The van der Waals surface area contributed by atoms with Crippen LogP contribution in [-0.2, 0) is 14.3 Å². The number of carbonyl (C=O) groups excluding carboxylic acids is 3. The third kappa shape index (κ3) is 5.85. The van der Waals surface area contributed by atoms with E-state index >= 15 is 0 Å². The second kappa shape index (κ2) is 10.3. The summed E-state index contributed by atoms with van der Waals surface area (Å²) < 4.78 is 10.7. The van der Waals surface area contributed by atoms with E-state index in [1.54, 1.807) is 57.2 Å². The van der Waals surface area contributed by atoms with E-state index in [1.807, 2.05) is 0 Å². The van der Waals surface area contributed by atoms with Gasteiger partial charge in [0.2, 0.25) is 0 Å². The van der Waals surface area contributed by atoms with Gasteiger partial charge in [0.1, 0.15) is 22.9 Å². The summed E-state index contributed by atoms with van der Waals surface area (Å²) in [6, 6.07) is 12.7. The average Bonchev–Trinajstić information content (AvgIpc) is 2.79. The minimum absolute atomic E-state index is 0.105. The zero-order chi connectivity index (χ0) is 24.0. The molecular formula is C24H23N3O6. The van der Waals surface area contributed by atoms with Crippen LogP contribution in [-0.4, -0.2) is 34.5 Å². The van der Waals surface area contributed by atoms with Gasteiger partial charge in [-0.3, -0.25) is 14.6 Å². The topological polar surface area (TPSA) is 127 Å². The number of pyridine rings is 1. The molecule has 3 rings (SSSR count). The highest BCUT2D eigenvalue weighted by Crippen LogP contribution is 2.35. The minimum Gasteiger partial charge on any atom is -0.506 e. The summed E-state index contributed by atoms with van der Waals surface area (Å²) in [5.41, 5.74) is 2.18. The van der Waals surface area contributed by atoms with Crippen molar-refractivity contribution in [2.45, 2.75) is 20.8 Å². The maximum atomic E-state index is 12.4. The molecule has 33 heavy (non-hydrogen) atoms. The number of nitrogens with one attached hydrogen (secondary N) is 2. The zero-order valence-corrected chi connectivity index (χ0v) is 18.3. The Bertz CT molecular complexity index is 1170. The molecule has 0 unspecified atom stereocenters. The maximum absolute atomic E-state index is 12.4. The lowest BCUT2D eigenvalue weighted by Crippen LogP contribution is -2.25. The van der Waals surface area contributed by atoms with Gasteiger partial charge in [-0.1, -0.05) is 6.07 Å². The summed E-state index contributed by atoms with van der Waals surface area (Å²) in [7, 11) is 0. The fourth-order valence-electron chi connectivity index (χ4n) is 3.04. The smallest absolute Gasteiger partial charge is 0.397 e. The number of anilines is 2. The van der Waals surface area contributed by atoms with Crippen LogP contribution in [0.2, 0.25) is 0 Å². The van der Waals surface area contributed by atoms with Gasteiger partial charge in [-0.2, -0.15) is 0 Å². The van der Waals surface area contributed by atoms with Crippen LogP contribution in [0.25, 0.3) is 0 Å². The summed E-state index contributed by atoms with van der Waals surface area (Å²) in [6.07, 6.45) is 1.50. The van der Waals surface area contributed by atoms with E-state index in [2.05, 4.69) is 20.4 Å². The van der Waals surface area contributed by atoms with Crippen LogP contribution in [0.4, 0.5) is 11.4 Å². The second-order valence-electron chi connectivity index (χ2n) is 7.06. The monoisotopic (exact) mass is 449 g/mol. The first kappa shape index (κ1) is 23.3. The quantitative estimate of drug-likeness (QED) is 0.295. The Morgan fingerprint density at radius 1 is 1.00 bits per heavy atom. The van der Waals surface area contributed by atoms with E-state index in [4.69, 9.17) is 4.74 Å². The van der Waals surface area contributed by atoms with Crippen LogP contribution in [0.15, 0.2) is 54.7 Å². The summed E-state index contributed by atoms with van der Waals surface area (Å²) in [4.78, 5) is 39.8. The number of aryl methyl sites for hydroxylation is 2. The molecule has 2 aromatic carbocycles. The number of hydrogen-bond acceptors (Lipinski definition) is 7. The summed E-state index contributed by atoms with van der Waals surface area (Å²) in [5, 5.41) is 15.2. The molecule has 0 aliphatic carbocycles. The molecule has 170 valence electrons. The average molecular weight is 449 g/mol. The zero-order valence-electron chi connectivity index (χ0n) is 18.3. The molecule has 1 aromatic heterocycles. The van der Waals surface area contributed by atoms with Gasteiger partial charge < -0.3 is 25.2 Å². The summed E-state index contributed by atoms with van der Waals surface area (Å²) in [6.45, 7) is 5.29. The van der Waals surface area contributed by atoms with Crippen molar-refractivity contribution in [1.29, 1.82) is 0 Å². The number of rotatable bonds is 6. The van der Waals surface area contributed by atoms with Gasteiger partial charge in [-0.25, -0.2) is 4.79 Å². The lowest BCUT2D eigenvalue weighted by molar-refractivity contribution is -0.152. The standard InChI is InChI=1S/C24H23N3O6/c1-4-32-24(31)23(30)26-16-11-14(2)21(15(3)12-16)33-17-8-9-20(28)19(13-17)27-22(29)18-7-5-6-10-25-18/h5-13,28H,4H2,1-3H3,(H,26,30)(H,27,29). The maximum Gasteiger partial charge on any atom is 0.397 e. The van der Waals surface area contributed by atoms with E-state index in [-0.39, 0.29) is 23.7 Å². The highest BCUT2D eigenvalue weighted by atomic mass is 16.5. The molecule has 9 heteroatoms. The van der Waals surface area contributed by atoms with Gasteiger partial charge >= 0.3 is 11.9 Å². The van der Waals surface area contributed by atoms with Crippen LogP contribution in [0.1, 0.15) is 28.5 Å². The Morgan fingerprint density at radius 3 is 2.36 bits per heavy atom. The van der Waals surface area contributed by atoms with Crippen LogP contribution in [0.5, 0.6) is 17.2 Å². The molecule has 0 aliphatic heterocycles. The van der Waals surface area contributed by atoms with Gasteiger partial charge in [-0.15, -0.1) is 0 Å². The van der Waals surface area contributed by atoms with Crippen molar-refractivity contribution in [1.82, 2.24) is 4.98 Å². The molecule has 2 amide bonds. The minimum atomic E-state index is -0.961. The predicted molar refractivity (Wildman–Crippen MR) is 122 cm³/mol. The molecule has 9 nitrogen and oxygen atoms in total. The Kier molecular flexibility index (Phi) is 7.24. The van der Waals surface area contributed by atoms with Crippen molar-refractivity contribution in [2.24, 2.45) is 0 Å². The predicted octanol–water partition coefficient (Wildman–Crippen LogP) is 3.95. The van der Waals surface area contributed by atoms with Crippen molar-refractivity contribution in [3.05, 3.63) is 71.5 Å². The molecule has 3 aromatic rings. The lowest BCUT2D eigenvalue weighted by Gasteiger charge is -2.15. The fourth-order valence-corrected chi connectivity index (χ4v) is 3.04. The van der Waals surface area contributed by atoms with E-state index in [1.165, 1.54) is 18.3 Å². The SMILES string of the molecule is CCOC(=O)C(=O)Nc1cc(C)c(Oc2ccc(O)c(NC(=O)c3ccccn3)c2)c(C)c1. The van der Waals surface area contributed by atoms with E-state index in [0.29, 0.717) is 28.3 Å². The number of ether oxygens (including phenoxy) is 2. The van der Waals surface area contributed by atoms with Gasteiger partial charge in [0.05, 0.1) is 12.3 Å². The van der Waals surface area contributed by atoms with Crippen molar-refractivity contribution in [3.8, 4) is 17.2 Å². The molecule has 0 saturated heterocycles. The van der Waals surface area contributed by atoms with Crippen LogP contribution in [0, 0.1) is 13.8 Å². The molecule has 0 aliphatic rings.